The van der Waals surface area contributed by atoms with Gasteiger partial charge in [0.05, 0.1) is 17.1 Å². The minimum absolute atomic E-state index is 0.160. The third-order valence-electron chi connectivity index (χ3n) is 3.02. The van der Waals surface area contributed by atoms with E-state index in [1.54, 1.807) is 24.3 Å². The highest BCUT2D eigenvalue weighted by atomic mass is 79.9. The molecule has 0 atom stereocenters. The van der Waals surface area contributed by atoms with Gasteiger partial charge < -0.3 is 10.4 Å². The van der Waals surface area contributed by atoms with E-state index in [9.17, 15) is 9.90 Å². The molecule has 2 N–H and O–H groups in total. The number of aromatic nitrogens is 4. The fourth-order valence-electron chi connectivity index (χ4n) is 1.90. The van der Waals surface area contributed by atoms with Crippen LogP contribution in [-0.2, 0) is 4.79 Å². The summed E-state index contributed by atoms with van der Waals surface area (Å²) in [5.41, 5.74) is 1.41. The Morgan fingerprint density at radius 1 is 1.21 bits per heavy atom. The number of anilines is 1. The zero-order valence-electron chi connectivity index (χ0n) is 12.3. The van der Waals surface area contributed by atoms with E-state index in [2.05, 4.69) is 36.8 Å². The molecule has 1 amide bonds. The van der Waals surface area contributed by atoms with Crippen molar-refractivity contribution in [3.63, 3.8) is 0 Å². The van der Waals surface area contributed by atoms with E-state index in [1.807, 2.05) is 24.3 Å². The Balaban J connectivity index is 1.65. The Bertz CT molecular complexity index is 853. The highest BCUT2D eigenvalue weighted by Gasteiger charge is 2.12. The number of rotatable bonds is 5. The first-order valence-electron chi connectivity index (χ1n) is 6.88. The van der Waals surface area contributed by atoms with E-state index in [0.29, 0.717) is 16.5 Å². The minimum Gasteiger partial charge on any atom is -0.508 e. The van der Waals surface area contributed by atoms with Gasteiger partial charge in [-0.25, -0.2) is 0 Å². The number of carbonyl (C=O) groups is 1. The SMILES string of the molecule is O=C(CSc1nnnn1-c1ccc(O)cc1)Nc1ccccc1Br. The number of tetrazole rings is 1. The average Bonchev–Trinajstić information content (AvgIpc) is 3.04. The number of carbonyl (C=O) groups excluding carboxylic acids is 1. The highest BCUT2D eigenvalue weighted by molar-refractivity contribution is 9.10. The van der Waals surface area contributed by atoms with Gasteiger partial charge in [0.1, 0.15) is 5.75 Å². The zero-order valence-corrected chi connectivity index (χ0v) is 14.7. The lowest BCUT2D eigenvalue weighted by Crippen LogP contribution is -2.15. The van der Waals surface area contributed by atoms with Crippen LogP contribution in [0.2, 0.25) is 0 Å². The van der Waals surface area contributed by atoms with Crippen LogP contribution in [0.4, 0.5) is 5.69 Å². The molecular weight excluding hydrogens is 394 g/mol. The predicted octanol–water partition coefficient (Wildman–Crippen LogP) is 2.86. The van der Waals surface area contributed by atoms with Crippen LogP contribution in [0.5, 0.6) is 5.75 Å². The van der Waals surface area contributed by atoms with Crippen LogP contribution in [0.3, 0.4) is 0 Å². The van der Waals surface area contributed by atoms with Crippen molar-refractivity contribution in [1.82, 2.24) is 20.2 Å². The van der Waals surface area contributed by atoms with Gasteiger partial charge in [0.2, 0.25) is 11.1 Å². The van der Waals surface area contributed by atoms with Crippen molar-refractivity contribution in [1.29, 1.82) is 0 Å². The van der Waals surface area contributed by atoms with Crippen molar-refractivity contribution in [2.75, 3.05) is 11.1 Å². The number of amides is 1. The monoisotopic (exact) mass is 405 g/mol. The topological polar surface area (TPSA) is 92.9 Å². The van der Waals surface area contributed by atoms with Gasteiger partial charge in [0.25, 0.3) is 0 Å². The number of hydrogen-bond donors (Lipinski definition) is 2. The van der Waals surface area contributed by atoms with Crippen LogP contribution in [-0.4, -0.2) is 37.0 Å². The maximum Gasteiger partial charge on any atom is 0.234 e. The molecule has 3 rings (SSSR count). The van der Waals surface area contributed by atoms with E-state index in [4.69, 9.17) is 0 Å². The van der Waals surface area contributed by atoms with E-state index in [0.717, 1.165) is 4.47 Å². The number of halogens is 1. The Hall–Kier alpha value is -2.39. The Labute approximate surface area is 150 Å². The number of nitrogens with one attached hydrogen (secondary N) is 1. The smallest absolute Gasteiger partial charge is 0.234 e. The summed E-state index contributed by atoms with van der Waals surface area (Å²) in [6.45, 7) is 0. The molecule has 0 aliphatic rings. The molecule has 0 saturated carbocycles. The lowest BCUT2D eigenvalue weighted by molar-refractivity contribution is -0.113. The summed E-state index contributed by atoms with van der Waals surface area (Å²) in [5, 5.41) is 24.1. The maximum absolute atomic E-state index is 12.1. The number of benzene rings is 2. The van der Waals surface area contributed by atoms with Crippen molar-refractivity contribution in [2.24, 2.45) is 0 Å². The molecule has 1 heterocycles. The quantitative estimate of drug-likeness (QED) is 0.633. The predicted molar refractivity (Wildman–Crippen MR) is 94.3 cm³/mol. The normalized spacial score (nSPS) is 10.5. The molecule has 7 nitrogen and oxygen atoms in total. The molecule has 1 aromatic heterocycles. The van der Waals surface area contributed by atoms with Crippen LogP contribution in [0, 0.1) is 0 Å². The number of phenolic OH excluding ortho intramolecular Hbond substituents is 1. The molecule has 0 bridgehead atoms. The number of thioether (sulfide) groups is 1. The van der Waals surface area contributed by atoms with Crippen molar-refractivity contribution in [2.45, 2.75) is 5.16 Å². The first kappa shape index (κ1) is 16.5. The summed E-state index contributed by atoms with van der Waals surface area (Å²) in [6, 6.07) is 13.9. The van der Waals surface area contributed by atoms with E-state index in [1.165, 1.54) is 16.4 Å². The number of aromatic hydroxyl groups is 1. The lowest BCUT2D eigenvalue weighted by Gasteiger charge is -2.07. The molecular formula is C15H12BrN5O2S. The van der Waals surface area contributed by atoms with Crippen molar-refractivity contribution >= 4 is 39.3 Å². The van der Waals surface area contributed by atoms with Gasteiger partial charge in [0, 0.05) is 4.47 Å². The van der Waals surface area contributed by atoms with Gasteiger partial charge in [-0.3, -0.25) is 4.79 Å². The van der Waals surface area contributed by atoms with Gasteiger partial charge in [-0.15, -0.1) is 5.10 Å². The second kappa shape index (κ2) is 7.45. The molecule has 0 unspecified atom stereocenters. The lowest BCUT2D eigenvalue weighted by atomic mass is 10.3. The average molecular weight is 406 g/mol. The molecule has 24 heavy (non-hydrogen) atoms. The Morgan fingerprint density at radius 3 is 2.71 bits per heavy atom. The number of para-hydroxylation sites is 1. The molecule has 2 aromatic carbocycles. The van der Waals surface area contributed by atoms with E-state index in [-0.39, 0.29) is 17.4 Å². The highest BCUT2D eigenvalue weighted by Crippen LogP contribution is 2.23. The van der Waals surface area contributed by atoms with Crippen LogP contribution in [0.15, 0.2) is 58.2 Å². The molecule has 9 heteroatoms. The zero-order chi connectivity index (χ0) is 16.9. The Kier molecular flexibility index (Phi) is 5.11. The number of phenols is 1. The fraction of sp³-hybridized carbons (Fsp3) is 0.0667. The van der Waals surface area contributed by atoms with Gasteiger partial charge in [-0.1, -0.05) is 23.9 Å². The molecule has 0 aliphatic heterocycles. The molecule has 0 aliphatic carbocycles. The van der Waals surface area contributed by atoms with Gasteiger partial charge in [0.15, 0.2) is 0 Å². The van der Waals surface area contributed by atoms with Crippen molar-refractivity contribution < 1.29 is 9.90 Å². The molecule has 0 saturated heterocycles. The minimum atomic E-state index is -0.160. The van der Waals surface area contributed by atoms with Gasteiger partial charge >= 0.3 is 0 Å². The number of hydrogen-bond acceptors (Lipinski definition) is 6. The first-order chi connectivity index (χ1) is 11.6. The van der Waals surface area contributed by atoms with Gasteiger partial charge in [-0.2, -0.15) is 4.68 Å². The second-order valence-corrected chi connectivity index (χ2v) is 6.50. The van der Waals surface area contributed by atoms with Crippen molar-refractivity contribution in [3.8, 4) is 11.4 Å². The van der Waals surface area contributed by atoms with E-state index >= 15 is 0 Å². The van der Waals surface area contributed by atoms with Crippen LogP contribution in [0.25, 0.3) is 5.69 Å². The molecule has 0 radical (unpaired) electrons. The molecule has 122 valence electrons. The Morgan fingerprint density at radius 2 is 1.96 bits per heavy atom. The third-order valence-corrected chi connectivity index (χ3v) is 4.63. The molecule has 0 fully saturated rings. The summed E-state index contributed by atoms with van der Waals surface area (Å²) in [7, 11) is 0. The standard InChI is InChI=1S/C15H12BrN5O2S/c16-12-3-1-2-4-13(12)17-14(23)9-24-15-18-19-20-21(15)10-5-7-11(22)8-6-10/h1-8,22H,9H2,(H,17,23). The third kappa shape index (κ3) is 3.92. The summed E-state index contributed by atoms with van der Waals surface area (Å²) in [6.07, 6.45) is 0. The maximum atomic E-state index is 12.1. The molecule has 3 aromatic rings. The van der Waals surface area contributed by atoms with Crippen LogP contribution in [0.1, 0.15) is 0 Å². The van der Waals surface area contributed by atoms with Crippen LogP contribution >= 0.6 is 27.7 Å². The largest absolute Gasteiger partial charge is 0.508 e. The van der Waals surface area contributed by atoms with Crippen LogP contribution < -0.4 is 5.32 Å². The second-order valence-electron chi connectivity index (χ2n) is 4.71. The first-order valence-corrected chi connectivity index (χ1v) is 8.66. The van der Waals surface area contributed by atoms with Crippen molar-refractivity contribution in [3.05, 3.63) is 53.0 Å². The summed E-state index contributed by atoms with van der Waals surface area (Å²) < 4.78 is 2.33. The summed E-state index contributed by atoms with van der Waals surface area (Å²) in [5.74, 6) is 0.167. The molecule has 0 spiro atoms. The fourth-order valence-corrected chi connectivity index (χ4v) is 2.98. The number of nitrogens with zero attached hydrogens (tertiary/aromatic N) is 4. The summed E-state index contributed by atoms with van der Waals surface area (Å²) >= 11 is 4.61. The van der Waals surface area contributed by atoms with E-state index < -0.39 is 0 Å². The van der Waals surface area contributed by atoms with Gasteiger partial charge in [-0.05, 0) is 62.8 Å². The summed E-state index contributed by atoms with van der Waals surface area (Å²) in [4.78, 5) is 12.1.